The third-order valence-electron chi connectivity index (χ3n) is 5.44. The molecule has 5 heteroatoms. The topological polar surface area (TPSA) is 39.1 Å². The van der Waals surface area contributed by atoms with Crippen molar-refractivity contribution in [2.24, 2.45) is 5.92 Å². The van der Waals surface area contributed by atoms with Crippen LogP contribution in [-0.2, 0) is 17.9 Å². The number of fused-ring (bicyclic) bond motifs is 1. The van der Waals surface area contributed by atoms with E-state index in [0.717, 1.165) is 42.6 Å². The average molecular weight is 343 g/mol. The van der Waals surface area contributed by atoms with Gasteiger partial charge in [0.1, 0.15) is 18.2 Å². The number of halogens is 1. The Kier molecular flexibility index (Phi) is 5.13. The molecule has 1 aromatic heterocycles. The van der Waals surface area contributed by atoms with Gasteiger partial charge >= 0.3 is 0 Å². The van der Waals surface area contributed by atoms with E-state index in [0.29, 0.717) is 6.61 Å². The molecule has 0 unspecified atom stereocenters. The van der Waals surface area contributed by atoms with Crippen LogP contribution in [0.3, 0.4) is 0 Å². The highest BCUT2D eigenvalue weighted by Crippen LogP contribution is 2.25. The number of hydrogen-bond acceptors (Lipinski definition) is 3. The Balaban J connectivity index is 1.37. The minimum atomic E-state index is -0.213. The molecule has 2 aromatic rings. The van der Waals surface area contributed by atoms with E-state index >= 15 is 0 Å². The van der Waals surface area contributed by atoms with Crippen molar-refractivity contribution in [1.82, 2.24) is 14.9 Å². The van der Waals surface area contributed by atoms with Gasteiger partial charge in [0.05, 0.1) is 24.5 Å². The zero-order chi connectivity index (χ0) is 17.1. The minimum Gasteiger partial charge on any atom is -0.367 e. The number of hydrogen-bond donors (Lipinski definition) is 1. The first-order valence-electron chi connectivity index (χ1n) is 9.42. The van der Waals surface area contributed by atoms with Crippen molar-refractivity contribution in [3.05, 3.63) is 42.1 Å². The Labute approximate surface area is 148 Å². The predicted octanol–water partition coefficient (Wildman–Crippen LogP) is 3.76. The van der Waals surface area contributed by atoms with E-state index in [1.165, 1.54) is 44.2 Å². The first-order valence-corrected chi connectivity index (χ1v) is 9.42. The van der Waals surface area contributed by atoms with Crippen molar-refractivity contribution in [3.8, 4) is 11.3 Å². The molecule has 25 heavy (non-hydrogen) atoms. The summed E-state index contributed by atoms with van der Waals surface area (Å²) in [4.78, 5) is 4.47. The van der Waals surface area contributed by atoms with Crippen LogP contribution in [0.4, 0.5) is 4.39 Å². The summed E-state index contributed by atoms with van der Waals surface area (Å²) < 4.78 is 21.3. The first-order chi connectivity index (χ1) is 12.3. The smallest absolute Gasteiger partial charge is 0.135 e. The fraction of sp³-hybridized carbons (Fsp3) is 0.550. The summed E-state index contributed by atoms with van der Waals surface area (Å²) in [5.41, 5.74) is 2.03. The summed E-state index contributed by atoms with van der Waals surface area (Å²) in [6.07, 6.45) is 8.90. The van der Waals surface area contributed by atoms with Crippen LogP contribution in [0, 0.1) is 11.7 Å². The zero-order valence-corrected chi connectivity index (χ0v) is 14.6. The molecule has 0 spiro atoms. The van der Waals surface area contributed by atoms with E-state index in [1.54, 1.807) is 0 Å². The van der Waals surface area contributed by atoms with E-state index in [9.17, 15) is 4.39 Å². The largest absolute Gasteiger partial charge is 0.367 e. The Bertz CT molecular complexity index is 691. The second-order valence-corrected chi connectivity index (χ2v) is 7.27. The molecule has 2 heterocycles. The van der Waals surface area contributed by atoms with E-state index in [4.69, 9.17) is 4.74 Å². The third-order valence-corrected chi connectivity index (χ3v) is 5.44. The molecule has 1 saturated carbocycles. The fourth-order valence-electron chi connectivity index (χ4n) is 4.00. The Morgan fingerprint density at radius 3 is 2.72 bits per heavy atom. The maximum Gasteiger partial charge on any atom is 0.135 e. The van der Waals surface area contributed by atoms with E-state index in [1.807, 2.05) is 18.3 Å². The third kappa shape index (κ3) is 3.93. The Morgan fingerprint density at radius 1 is 1.12 bits per heavy atom. The van der Waals surface area contributed by atoms with Gasteiger partial charge in [-0.05, 0) is 55.1 Å². The molecule has 2 aliphatic rings. The highest BCUT2D eigenvalue weighted by Gasteiger charge is 2.23. The quantitative estimate of drug-likeness (QED) is 0.898. The molecule has 1 aromatic carbocycles. The summed E-state index contributed by atoms with van der Waals surface area (Å²) in [5, 5.41) is 3.61. The molecular formula is C20H26FN3O. The molecule has 0 bridgehead atoms. The van der Waals surface area contributed by atoms with Crippen molar-refractivity contribution in [2.75, 3.05) is 13.1 Å². The molecule has 4 nitrogen and oxygen atoms in total. The summed E-state index contributed by atoms with van der Waals surface area (Å²) in [5.74, 6) is 1.56. The Morgan fingerprint density at radius 2 is 1.92 bits per heavy atom. The summed E-state index contributed by atoms with van der Waals surface area (Å²) in [7, 11) is 0. The van der Waals surface area contributed by atoms with Gasteiger partial charge in [-0.2, -0.15) is 0 Å². The normalized spacial score (nSPS) is 21.2. The molecule has 1 aliphatic heterocycles. The molecule has 0 radical (unpaired) electrons. The lowest BCUT2D eigenvalue weighted by molar-refractivity contribution is 0.00285. The van der Waals surface area contributed by atoms with Crippen LogP contribution in [0.25, 0.3) is 11.3 Å². The van der Waals surface area contributed by atoms with Crippen molar-refractivity contribution in [3.63, 3.8) is 0 Å². The first kappa shape index (κ1) is 16.7. The van der Waals surface area contributed by atoms with Crippen LogP contribution in [0.5, 0.6) is 0 Å². The van der Waals surface area contributed by atoms with Gasteiger partial charge in [-0.1, -0.05) is 19.3 Å². The van der Waals surface area contributed by atoms with Crippen molar-refractivity contribution < 1.29 is 9.13 Å². The average Bonchev–Trinajstić information content (AvgIpc) is 3.07. The number of rotatable bonds is 5. The molecule has 134 valence electrons. The van der Waals surface area contributed by atoms with E-state index in [-0.39, 0.29) is 11.9 Å². The summed E-state index contributed by atoms with van der Waals surface area (Å²) in [6.45, 7) is 3.30. The number of benzene rings is 1. The molecule has 0 amide bonds. The van der Waals surface area contributed by atoms with Gasteiger partial charge in [-0.3, -0.25) is 0 Å². The minimum absolute atomic E-state index is 0.157. The van der Waals surface area contributed by atoms with Gasteiger partial charge in [-0.15, -0.1) is 0 Å². The van der Waals surface area contributed by atoms with Crippen LogP contribution in [0.2, 0.25) is 0 Å². The lowest BCUT2D eigenvalue weighted by Crippen LogP contribution is -2.38. The van der Waals surface area contributed by atoms with Crippen LogP contribution in [0.15, 0.2) is 30.5 Å². The second kappa shape index (κ2) is 7.67. The second-order valence-electron chi connectivity index (χ2n) is 7.27. The monoisotopic (exact) mass is 343 g/mol. The summed E-state index contributed by atoms with van der Waals surface area (Å²) in [6, 6.07) is 6.62. The van der Waals surface area contributed by atoms with Crippen LogP contribution >= 0.6 is 0 Å². The maximum atomic E-state index is 13.2. The number of imidazole rings is 1. The van der Waals surface area contributed by atoms with Crippen molar-refractivity contribution in [2.45, 2.75) is 51.4 Å². The maximum absolute atomic E-state index is 13.2. The predicted molar refractivity (Wildman–Crippen MR) is 95.6 cm³/mol. The molecular weight excluding hydrogens is 317 g/mol. The SMILES string of the molecule is Fc1ccc(-c2cnc3n2C[C@H](CNCC2CCCCC2)OC3)cc1. The highest BCUT2D eigenvalue weighted by molar-refractivity contribution is 5.59. The van der Waals surface area contributed by atoms with Gasteiger partial charge in [-0.25, -0.2) is 9.37 Å². The molecule has 1 N–H and O–H groups in total. The number of nitrogens with zero attached hydrogens (tertiary/aromatic N) is 2. The molecule has 0 saturated heterocycles. The van der Waals surface area contributed by atoms with Crippen molar-refractivity contribution in [1.29, 1.82) is 0 Å². The highest BCUT2D eigenvalue weighted by atomic mass is 19.1. The number of ether oxygens (including phenoxy) is 1. The number of nitrogens with one attached hydrogen (secondary N) is 1. The van der Waals surface area contributed by atoms with Crippen LogP contribution in [0.1, 0.15) is 37.9 Å². The van der Waals surface area contributed by atoms with Gasteiger partial charge in [0.25, 0.3) is 0 Å². The van der Waals surface area contributed by atoms with Crippen molar-refractivity contribution >= 4 is 0 Å². The van der Waals surface area contributed by atoms with Gasteiger partial charge in [0, 0.05) is 6.54 Å². The van der Waals surface area contributed by atoms with Gasteiger partial charge in [0.15, 0.2) is 0 Å². The molecule has 1 aliphatic carbocycles. The van der Waals surface area contributed by atoms with E-state index in [2.05, 4.69) is 14.9 Å². The lowest BCUT2D eigenvalue weighted by atomic mass is 9.89. The Hall–Kier alpha value is -1.72. The number of aromatic nitrogens is 2. The van der Waals surface area contributed by atoms with Gasteiger partial charge in [0.2, 0.25) is 0 Å². The zero-order valence-electron chi connectivity index (χ0n) is 14.6. The standard InChI is InChI=1S/C20H26FN3O/c21-17-8-6-16(7-9-17)19-12-23-20-14-25-18(13-24(19)20)11-22-10-15-4-2-1-3-5-15/h6-9,12,15,18,22H,1-5,10-11,13-14H2/t18-/m0/s1. The lowest BCUT2D eigenvalue weighted by Gasteiger charge is -2.27. The summed E-state index contributed by atoms with van der Waals surface area (Å²) >= 11 is 0. The van der Waals surface area contributed by atoms with Crippen LogP contribution in [-0.4, -0.2) is 28.7 Å². The van der Waals surface area contributed by atoms with Crippen LogP contribution < -0.4 is 5.32 Å². The van der Waals surface area contributed by atoms with Gasteiger partial charge < -0.3 is 14.6 Å². The molecule has 1 fully saturated rings. The molecule has 4 rings (SSSR count). The molecule has 1 atom stereocenters. The van der Waals surface area contributed by atoms with E-state index < -0.39 is 0 Å². The fourth-order valence-corrected chi connectivity index (χ4v) is 4.00.